The van der Waals surface area contributed by atoms with Gasteiger partial charge in [0.05, 0.1) is 13.2 Å². The van der Waals surface area contributed by atoms with Crippen LogP contribution in [0.1, 0.15) is 21.5 Å². The third-order valence-electron chi connectivity index (χ3n) is 5.82. The van der Waals surface area contributed by atoms with Crippen LogP contribution in [0.2, 0.25) is 0 Å². The van der Waals surface area contributed by atoms with Gasteiger partial charge in [-0.05, 0) is 23.3 Å². The van der Waals surface area contributed by atoms with Crippen LogP contribution in [0.25, 0.3) is 6.08 Å². The van der Waals surface area contributed by atoms with Gasteiger partial charge in [-0.2, -0.15) is 0 Å². The van der Waals surface area contributed by atoms with E-state index in [1.807, 2.05) is 23.1 Å². The Labute approximate surface area is 179 Å². The van der Waals surface area contributed by atoms with E-state index in [1.165, 1.54) is 11.1 Å². The average molecular weight is 406 g/mol. The number of ether oxygens (including phenoxy) is 1. The van der Waals surface area contributed by atoms with Crippen LogP contribution in [-0.4, -0.2) is 79.6 Å². The van der Waals surface area contributed by atoms with Crippen LogP contribution in [0.15, 0.2) is 60.7 Å². The van der Waals surface area contributed by atoms with Crippen molar-refractivity contribution in [2.24, 2.45) is 0 Å². The minimum atomic E-state index is 0.151. The van der Waals surface area contributed by atoms with Crippen molar-refractivity contribution in [3.05, 3.63) is 77.4 Å². The number of rotatable bonds is 6. The quantitative estimate of drug-likeness (QED) is 0.740. The lowest BCUT2D eigenvalue weighted by Gasteiger charge is -2.34. The molecule has 0 atom stereocenters. The maximum atomic E-state index is 13.0. The molecule has 0 N–H and O–H groups in total. The second-order valence-electron chi connectivity index (χ2n) is 7.99. The predicted molar refractivity (Wildman–Crippen MR) is 120 cm³/mol. The van der Waals surface area contributed by atoms with Crippen molar-refractivity contribution in [1.29, 1.82) is 0 Å². The Balaban J connectivity index is 1.26. The molecule has 2 heterocycles. The van der Waals surface area contributed by atoms with E-state index in [2.05, 4.69) is 58.4 Å². The van der Waals surface area contributed by atoms with Crippen molar-refractivity contribution >= 4 is 12.0 Å². The van der Waals surface area contributed by atoms with E-state index in [0.29, 0.717) is 0 Å². The van der Waals surface area contributed by atoms with Crippen molar-refractivity contribution < 1.29 is 9.53 Å². The monoisotopic (exact) mass is 405 g/mol. The summed E-state index contributed by atoms with van der Waals surface area (Å²) in [5.74, 6) is 0.151. The highest BCUT2D eigenvalue weighted by molar-refractivity contribution is 5.94. The van der Waals surface area contributed by atoms with Crippen LogP contribution < -0.4 is 0 Å². The molecule has 5 heteroatoms. The number of nitrogens with zero attached hydrogens (tertiary/aromatic N) is 3. The fourth-order valence-electron chi connectivity index (χ4n) is 4.04. The summed E-state index contributed by atoms with van der Waals surface area (Å²) in [5, 5.41) is 0. The zero-order valence-electron chi connectivity index (χ0n) is 17.6. The Morgan fingerprint density at radius 2 is 1.63 bits per heavy atom. The van der Waals surface area contributed by atoms with E-state index >= 15 is 0 Å². The topological polar surface area (TPSA) is 36.0 Å². The highest BCUT2D eigenvalue weighted by Crippen LogP contribution is 2.14. The van der Waals surface area contributed by atoms with Gasteiger partial charge in [-0.1, -0.05) is 54.6 Å². The lowest BCUT2D eigenvalue weighted by molar-refractivity contribution is 0.0341. The van der Waals surface area contributed by atoms with Gasteiger partial charge in [0.25, 0.3) is 5.91 Å². The summed E-state index contributed by atoms with van der Waals surface area (Å²) in [6.45, 7) is 8.70. The molecule has 0 aliphatic carbocycles. The molecule has 2 fully saturated rings. The fraction of sp³-hybridized carbons (Fsp3) is 0.400. The maximum absolute atomic E-state index is 13.0. The van der Waals surface area contributed by atoms with Gasteiger partial charge >= 0.3 is 0 Å². The number of piperazine rings is 1. The van der Waals surface area contributed by atoms with Crippen molar-refractivity contribution in [2.45, 2.75) is 6.54 Å². The SMILES string of the molecule is O=C(c1cccc(CN2CCOCC2)c1)N1CCN(C/C=C/c2ccccc2)CC1. The van der Waals surface area contributed by atoms with Gasteiger partial charge < -0.3 is 9.64 Å². The molecule has 2 aliphatic rings. The summed E-state index contributed by atoms with van der Waals surface area (Å²) in [5.41, 5.74) is 3.23. The summed E-state index contributed by atoms with van der Waals surface area (Å²) < 4.78 is 5.42. The summed E-state index contributed by atoms with van der Waals surface area (Å²) in [4.78, 5) is 19.8. The summed E-state index contributed by atoms with van der Waals surface area (Å²) in [6.07, 6.45) is 4.37. The largest absolute Gasteiger partial charge is 0.379 e. The molecule has 2 aromatic carbocycles. The first-order chi connectivity index (χ1) is 14.8. The zero-order valence-corrected chi connectivity index (χ0v) is 17.6. The van der Waals surface area contributed by atoms with E-state index in [1.54, 1.807) is 0 Å². The van der Waals surface area contributed by atoms with Crippen molar-refractivity contribution in [1.82, 2.24) is 14.7 Å². The third-order valence-corrected chi connectivity index (χ3v) is 5.82. The van der Waals surface area contributed by atoms with Crippen molar-refractivity contribution in [2.75, 3.05) is 59.0 Å². The number of hydrogen-bond donors (Lipinski definition) is 0. The van der Waals surface area contributed by atoms with E-state index in [0.717, 1.165) is 71.1 Å². The van der Waals surface area contributed by atoms with E-state index in [4.69, 9.17) is 4.74 Å². The van der Waals surface area contributed by atoms with Crippen molar-refractivity contribution in [3.63, 3.8) is 0 Å². The predicted octanol–water partition coefficient (Wildman–Crippen LogP) is 2.99. The van der Waals surface area contributed by atoms with E-state index in [9.17, 15) is 4.79 Å². The molecule has 0 aromatic heterocycles. The first-order valence-electron chi connectivity index (χ1n) is 10.9. The average Bonchev–Trinajstić information content (AvgIpc) is 2.81. The summed E-state index contributed by atoms with van der Waals surface area (Å²) >= 11 is 0. The number of morpholine rings is 1. The van der Waals surface area contributed by atoms with E-state index < -0.39 is 0 Å². The smallest absolute Gasteiger partial charge is 0.253 e. The zero-order chi connectivity index (χ0) is 20.6. The molecule has 158 valence electrons. The lowest BCUT2D eigenvalue weighted by atomic mass is 10.1. The Kier molecular flexibility index (Phi) is 7.29. The fourth-order valence-corrected chi connectivity index (χ4v) is 4.04. The number of hydrogen-bond acceptors (Lipinski definition) is 4. The second-order valence-corrected chi connectivity index (χ2v) is 7.99. The van der Waals surface area contributed by atoms with Crippen LogP contribution in [0.4, 0.5) is 0 Å². The van der Waals surface area contributed by atoms with Gasteiger partial charge in [-0.3, -0.25) is 14.6 Å². The molecule has 5 nitrogen and oxygen atoms in total. The van der Waals surface area contributed by atoms with Gasteiger partial charge in [0.2, 0.25) is 0 Å². The van der Waals surface area contributed by atoms with Crippen LogP contribution in [0, 0.1) is 0 Å². The number of amides is 1. The Hall–Kier alpha value is -2.47. The summed E-state index contributed by atoms with van der Waals surface area (Å²) in [7, 11) is 0. The molecular weight excluding hydrogens is 374 g/mol. The van der Waals surface area contributed by atoms with Gasteiger partial charge in [-0.15, -0.1) is 0 Å². The molecule has 0 unspecified atom stereocenters. The minimum absolute atomic E-state index is 0.151. The van der Waals surface area contributed by atoms with Gasteiger partial charge in [0, 0.05) is 57.9 Å². The molecule has 2 aliphatic heterocycles. The first-order valence-corrected chi connectivity index (χ1v) is 10.9. The Morgan fingerprint density at radius 3 is 2.40 bits per heavy atom. The maximum Gasteiger partial charge on any atom is 0.253 e. The van der Waals surface area contributed by atoms with Crippen LogP contribution in [0.3, 0.4) is 0 Å². The molecule has 1 amide bonds. The standard InChI is InChI=1S/C25H31N3O2/c29-25(24-10-4-8-23(20-24)21-27-16-18-30-19-17-27)28-14-12-26(13-15-28)11-5-9-22-6-2-1-3-7-22/h1-10,20H,11-19,21H2/b9-5+. The van der Waals surface area contributed by atoms with Crippen LogP contribution in [0.5, 0.6) is 0 Å². The van der Waals surface area contributed by atoms with Gasteiger partial charge in [0.1, 0.15) is 0 Å². The molecule has 2 saturated heterocycles. The third kappa shape index (κ3) is 5.79. The number of carbonyl (C=O) groups excluding carboxylic acids is 1. The van der Waals surface area contributed by atoms with Crippen LogP contribution in [-0.2, 0) is 11.3 Å². The molecule has 0 saturated carbocycles. The highest BCUT2D eigenvalue weighted by atomic mass is 16.5. The molecule has 4 rings (SSSR count). The van der Waals surface area contributed by atoms with Crippen molar-refractivity contribution in [3.8, 4) is 0 Å². The second kappa shape index (κ2) is 10.5. The summed E-state index contributed by atoms with van der Waals surface area (Å²) in [6, 6.07) is 18.5. The van der Waals surface area contributed by atoms with E-state index in [-0.39, 0.29) is 5.91 Å². The number of benzene rings is 2. The highest BCUT2D eigenvalue weighted by Gasteiger charge is 2.22. The minimum Gasteiger partial charge on any atom is -0.379 e. The lowest BCUT2D eigenvalue weighted by Crippen LogP contribution is -2.48. The molecule has 2 aromatic rings. The number of carbonyl (C=O) groups is 1. The molecule has 0 bridgehead atoms. The van der Waals surface area contributed by atoms with Gasteiger partial charge in [-0.25, -0.2) is 0 Å². The molecule has 30 heavy (non-hydrogen) atoms. The first kappa shape index (κ1) is 20.8. The Bertz CT molecular complexity index is 838. The Morgan fingerprint density at radius 1 is 0.867 bits per heavy atom. The normalized spacial score (nSPS) is 18.7. The van der Waals surface area contributed by atoms with Gasteiger partial charge in [0.15, 0.2) is 0 Å². The van der Waals surface area contributed by atoms with Crippen LogP contribution >= 0.6 is 0 Å². The molecular formula is C25H31N3O2. The molecule has 0 radical (unpaired) electrons. The molecule has 0 spiro atoms.